The second kappa shape index (κ2) is 31.4. The van der Waals surface area contributed by atoms with Crippen LogP contribution in [-0.4, -0.2) is 160 Å². The van der Waals surface area contributed by atoms with E-state index >= 15 is 0 Å². The molecule has 8 aromatic rings. The number of thioether (sulfide) groups is 1. The molecule has 0 spiro atoms. The summed E-state index contributed by atoms with van der Waals surface area (Å²) in [7, 11) is 0. The van der Waals surface area contributed by atoms with Crippen molar-refractivity contribution in [2.24, 2.45) is 0 Å². The Balaban J connectivity index is 0.699. The van der Waals surface area contributed by atoms with Crippen LogP contribution < -0.4 is 20.4 Å². The number of ether oxygens (including phenoxy) is 4. The van der Waals surface area contributed by atoms with Crippen molar-refractivity contribution in [3.8, 4) is 46.2 Å². The number of rotatable bonds is 22. The zero-order chi connectivity index (χ0) is 69.1. The summed E-state index contributed by atoms with van der Waals surface area (Å²) in [6.07, 6.45) is -9.01. The molecule has 2 aromatic heterocycles. The van der Waals surface area contributed by atoms with Crippen molar-refractivity contribution in [3.63, 3.8) is 0 Å². The van der Waals surface area contributed by atoms with E-state index in [1.807, 2.05) is 84.9 Å². The molecule has 10 atom stereocenters. The molecule has 0 aliphatic carbocycles. The number of hydrogen-bond acceptors (Lipinski definition) is 19. The Morgan fingerprint density at radius 2 is 0.889 bits per heavy atom. The molecule has 4 aliphatic rings. The van der Waals surface area contributed by atoms with Gasteiger partial charge in [0.1, 0.15) is 95.8 Å². The third-order valence-electron chi connectivity index (χ3n) is 17.1. The largest absolute Gasteiger partial charge is 0.463 e. The molecule has 0 radical (unpaired) electrons. The predicted octanol–water partition coefficient (Wildman–Crippen LogP) is 5.44. The topological polar surface area (TPSA) is 312 Å². The van der Waals surface area contributed by atoms with Gasteiger partial charge in [-0.1, -0.05) is 131 Å². The fraction of sp³-hybridized carbons (Fsp3) is 0.306. The van der Waals surface area contributed by atoms with E-state index in [4.69, 9.17) is 18.9 Å². The second-order valence-electron chi connectivity index (χ2n) is 23.7. The van der Waals surface area contributed by atoms with Crippen molar-refractivity contribution in [2.45, 2.75) is 111 Å². The summed E-state index contributed by atoms with van der Waals surface area (Å²) in [6.45, 7) is -0.934. The number of aliphatic hydroxyl groups excluding tert-OH is 4. The first-order valence-corrected chi connectivity index (χ1v) is 32.8. The van der Waals surface area contributed by atoms with E-state index in [1.54, 1.807) is 34.1 Å². The van der Waals surface area contributed by atoms with Gasteiger partial charge in [0, 0.05) is 72.2 Å². The van der Waals surface area contributed by atoms with E-state index in [-0.39, 0.29) is 75.1 Å². The van der Waals surface area contributed by atoms with Crippen molar-refractivity contribution in [3.05, 3.63) is 203 Å². The Bertz CT molecular complexity index is 4180. The molecule has 12 rings (SSSR count). The summed E-state index contributed by atoms with van der Waals surface area (Å²) >= 11 is 0.660. The lowest BCUT2D eigenvalue weighted by atomic mass is 9.97. The van der Waals surface area contributed by atoms with Crippen LogP contribution in [0, 0.1) is 35.3 Å². The number of aliphatic hydroxyl groups is 4. The molecule has 2 saturated heterocycles. The highest BCUT2D eigenvalue weighted by Crippen LogP contribution is 2.43. The van der Waals surface area contributed by atoms with Gasteiger partial charge in [-0.2, -0.15) is 0 Å². The number of aromatic nitrogens is 6. The molecule has 0 saturated carbocycles. The number of nitrogens with zero attached hydrogens (tertiary/aromatic N) is 8. The van der Waals surface area contributed by atoms with Crippen LogP contribution in [0.15, 0.2) is 158 Å². The van der Waals surface area contributed by atoms with E-state index in [9.17, 15) is 58.0 Å². The van der Waals surface area contributed by atoms with Gasteiger partial charge in [-0.25, -0.2) is 18.1 Å². The van der Waals surface area contributed by atoms with Gasteiger partial charge >= 0.3 is 11.9 Å². The fourth-order valence-electron chi connectivity index (χ4n) is 11.9. The smallest absolute Gasteiger partial charge is 0.306 e. The number of anilines is 2. The zero-order valence-corrected chi connectivity index (χ0v) is 53.7. The highest BCUT2D eigenvalue weighted by atomic mass is 32.2. The molecule has 2 fully saturated rings. The molecule has 6 heterocycles. The molecule has 508 valence electrons. The maximum absolute atomic E-state index is 14.4. The molecule has 27 heteroatoms. The molecule has 24 nitrogen and oxygen atoms in total. The lowest BCUT2D eigenvalue weighted by molar-refractivity contribution is -0.196. The van der Waals surface area contributed by atoms with Crippen LogP contribution in [-0.2, 0) is 60.8 Å². The molecule has 0 bridgehead atoms. The van der Waals surface area contributed by atoms with Gasteiger partial charge in [-0.15, -0.1) is 10.2 Å². The first kappa shape index (κ1) is 68.5. The first-order valence-electron chi connectivity index (χ1n) is 31.9. The number of carbonyl (C=O) groups excluding carboxylic acids is 6. The third kappa shape index (κ3) is 16.4. The number of esters is 2. The Morgan fingerprint density at radius 3 is 1.31 bits per heavy atom. The number of carbonyl (C=O) groups is 6. The molecular formula is C72H66F2N10O14S. The number of fused-ring (bicyclic) bond motifs is 4. The summed E-state index contributed by atoms with van der Waals surface area (Å²) in [5, 5.41) is 70.7. The summed E-state index contributed by atoms with van der Waals surface area (Å²) < 4.78 is 54.9. The average molecular weight is 1370 g/mol. The number of benzene rings is 6. The van der Waals surface area contributed by atoms with E-state index in [0.29, 0.717) is 45.4 Å². The maximum Gasteiger partial charge on any atom is 0.306 e. The van der Waals surface area contributed by atoms with Crippen LogP contribution >= 0.6 is 11.8 Å². The van der Waals surface area contributed by atoms with Gasteiger partial charge in [0.2, 0.25) is 23.6 Å². The van der Waals surface area contributed by atoms with Crippen LogP contribution in [0.4, 0.5) is 20.2 Å². The quantitative estimate of drug-likeness (QED) is 0.0363. The van der Waals surface area contributed by atoms with Crippen molar-refractivity contribution >= 4 is 58.7 Å². The molecule has 6 aromatic carbocycles. The Kier molecular flexibility index (Phi) is 21.7. The monoisotopic (exact) mass is 1360 g/mol. The summed E-state index contributed by atoms with van der Waals surface area (Å²) in [5.41, 5.74) is 3.70. The van der Waals surface area contributed by atoms with Crippen molar-refractivity contribution in [1.82, 2.24) is 40.6 Å². The number of halogens is 2. The van der Waals surface area contributed by atoms with E-state index in [1.165, 1.54) is 48.8 Å². The Labute approximate surface area is 570 Å². The van der Waals surface area contributed by atoms with Gasteiger partial charge < -0.3 is 59.8 Å². The average Bonchev–Trinajstić information content (AvgIpc) is 1.77. The van der Waals surface area contributed by atoms with E-state index < -0.39 is 121 Å². The van der Waals surface area contributed by atoms with Crippen molar-refractivity contribution in [2.75, 3.05) is 36.1 Å². The third-order valence-corrected chi connectivity index (χ3v) is 18.4. The van der Waals surface area contributed by atoms with Gasteiger partial charge in [0.05, 0.1) is 49.7 Å². The minimum Gasteiger partial charge on any atom is -0.463 e. The van der Waals surface area contributed by atoms with Crippen LogP contribution in [0.1, 0.15) is 84.0 Å². The molecule has 99 heavy (non-hydrogen) atoms. The molecule has 4 amide bonds. The highest BCUT2D eigenvalue weighted by molar-refractivity contribution is 8.00. The van der Waals surface area contributed by atoms with Crippen LogP contribution in [0.3, 0.4) is 0 Å². The van der Waals surface area contributed by atoms with Gasteiger partial charge in [0.25, 0.3) is 0 Å². The minimum absolute atomic E-state index is 0.0520. The molecule has 6 N–H and O–H groups in total. The van der Waals surface area contributed by atoms with Gasteiger partial charge in [-0.05, 0) is 71.8 Å². The van der Waals surface area contributed by atoms with Crippen molar-refractivity contribution < 1.29 is 76.9 Å². The van der Waals surface area contributed by atoms with Gasteiger partial charge in [-0.3, -0.25) is 28.8 Å². The second-order valence-corrected chi connectivity index (χ2v) is 24.9. The van der Waals surface area contributed by atoms with Crippen LogP contribution in [0.25, 0.3) is 22.5 Å². The SMILES string of the molecule is O=C(CCC(=O)OC[C@H]1O[C@@H](S[C@@H]2O[C@H](COC(=O)CCC(=O)NCCC(=O)N3Cc4ccccc4C#Cc4ccccc43)[C@H](O)[C@H](n3cc(-c4cccc(F)c4)nn3)[C@H]2O)[C@H](O)[C@@H](n2cc(-c3cccc(F)c3)nn2)[C@H]1O)NCCC(=O)N1Cc2ccccc2C#Cc2ccccc21. The standard InChI is InChI=1S/C72H66F2N10O14S/c73-51-19-9-17-47(35-51)53-39-83(79-77-53)65-67(91)57(41-95-63(89)29-27-59(85)75-33-31-61(87)81-37-49-15-3-1-11-43(49)23-25-45-13-5-7-21-55(45)81)97-71(69(65)93)99-72-70(94)66(84-40-54(78-80-84)48-18-10-20-52(74)36-48)68(92)58(98-72)42-96-64(90)30-28-60(86)76-34-32-62(88)82-38-50-16-4-2-12-44(50)24-26-46-14-6-8-22-56(46)82/h1-22,35-36,39-40,57-58,65-72,91-94H,27-34,37-38,41-42H2,(H,75,85)(H,76,86)/t57-,58-,65+,66+,67+,68+,69-,70-,71+,72+/m1/s1. The van der Waals surface area contributed by atoms with Gasteiger partial charge in [0.15, 0.2) is 0 Å². The number of para-hydroxylation sites is 2. The lowest BCUT2D eigenvalue weighted by Gasteiger charge is -2.46. The number of nitrogens with one attached hydrogen (secondary N) is 2. The summed E-state index contributed by atoms with van der Waals surface area (Å²) in [6, 6.07) is 37.5. The van der Waals surface area contributed by atoms with Crippen LogP contribution in [0.5, 0.6) is 0 Å². The number of amides is 4. The highest BCUT2D eigenvalue weighted by Gasteiger charge is 2.52. The lowest BCUT2D eigenvalue weighted by Crippen LogP contribution is -2.58. The first-order chi connectivity index (χ1) is 48.0. The molecule has 4 aliphatic heterocycles. The molecular weight excluding hydrogens is 1300 g/mol. The number of hydrogen-bond donors (Lipinski definition) is 6. The summed E-state index contributed by atoms with van der Waals surface area (Å²) in [5.74, 6) is 8.07. The minimum atomic E-state index is -1.77. The summed E-state index contributed by atoms with van der Waals surface area (Å²) in [4.78, 5) is 83.9. The van der Waals surface area contributed by atoms with E-state index in [2.05, 4.69) is 54.9 Å². The Hall–Kier alpha value is -10.5. The molecule has 0 unspecified atom stereocenters. The normalized spacial score (nSPS) is 21.3. The van der Waals surface area contributed by atoms with Crippen molar-refractivity contribution in [1.29, 1.82) is 0 Å². The van der Waals surface area contributed by atoms with Crippen LogP contribution in [0.2, 0.25) is 0 Å². The van der Waals surface area contributed by atoms with E-state index in [0.717, 1.165) is 31.6 Å². The zero-order valence-electron chi connectivity index (χ0n) is 52.9. The predicted molar refractivity (Wildman–Crippen MR) is 354 cm³/mol. The fourth-order valence-corrected chi connectivity index (χ4v) is 13.2. The maximum atomic E-state index is 14.4. The Morgan fingerprint density at radius 1 is 0.495 bits per heavy atom.